The average Bonchev–Trinajstić information content (AvgIpc) is 3.14. The number of aliphatic carboxylic acids is 1. The van der Waals surface area contributed by atoms with Gasteiger partial charge in [-0.05, 0) is 56.9 Å². The minimum Gasteiger partial charge on any atom is -0.480 e. The maximum absolute atomic E-state index is 11.9. The van der Waals surface area contributed by atoms with Crippen molar-refractivity contribution in [2.24, 2.45) is 14.1 Å². The molecule has 0 amide bonds. The van der Waals surface area contributed by atoms with Crippen LogP contribution in [0, 0.1) is 6.92 Å². The predicted molar refractivity (Wildman–Crippen MR) is 131 cm³/mol. The molecule has 3 heterocycles. The second-order valence-electron chi connectivity index (χ2n) is 8.76. The van der Waals surface area contributed by atoms with Gasteiger partial charge in [-0.15, -0.1) is 0 Å². The standard InChI is InChI=1S/C20H24N4O4.C5H10O/c1-11-7-14(10-23(3)19(11)26)18-22-15-8-13(5-6-16(15)24(18)4)9-21-17(12(2)25)20(27)28;1-2-4-6-5-3-1/h5-8,10,12,17,21,25H,9H2,1-4H3,(H,27,28);1-5H2/t12-,17+;/m1./s1. The molecular weight excluding hydrogens is 436 g/mol. The first-order valence-electron chi connectivity index (χ1n) is 11.5. The van der Waals surface area contributed by atoms with Gasteiger partial charge < -0.3 is 24.1 Å². The van der Waals surface area contributed by atoms with Gasteiger partial charge in [0, 0.05) is 51.2 Å². The van der Waals surface area contributed by atoms with E-state index in [0.29, 0.717) is 12.1 Å². The molecule has 2 aromatic heterocycles. The van der Waals surface area contributed by atoms with Gasteiger partial charge in [-0.3, -0.25) is 14.9 Å². The molecule has 34 heavy (non-hydrogen) atoms. The van der Waals surface area contributed by atoms with Crippen molar-refractivity contribution < 1.29 is 19.7 Å². The molecule has 9 nitrogen and oxygen atoms in total. The van der Waals surface area contributed by atoms with Crippen molar-refractivity contribution in [1.82, 2.24) is 19.4 Å². The van der Waals surface area contributed by atoms with Gasteiger partial charge in [0.1, 0.15) is 11.9 Å². The number of fused-ring (bicyclic) bond motifs is 1. The van der Waals surface area contributed by atoms with E-state index in [1.807, 2.05) is 35.9 Å². The van der Waals surface area contributed by atoms with E-state index >= 15 is 0 Å². The summed E-state index contributed by atoms with van der Waals surface area (Å²) in [5, 5.41) is 21.6. The van der Waals surface area contributed by atoms with Crippen molar-refractivity contribution in [3.8, 4) is 11.4 Å². The van der Waals surface area contributed by atoms with Crippen LogP contribution in [0.3, 0.4) is 0 Å². The maximum atomic E-state index is 11.9. The third-order valence-corrected chi connectivity index (χ3v) is 5.92. The van der Waals surface area contributed by atoms with Crippen molar-refractivity contribution >= 4 is 17.0 Å². The van der Waals surface area contributed by atoms with Crippen LogP contribution >= 0.6 is 0 Å². The molecule has 1 saturated heterocycles. The SMILES string of the molecule is C1CCOCC1.Cc1cc(-c2nc3cc(CN[C@H](C(=O)O)[C@@H](C)O)ccc3n2C)cn(C)c1=O. The highest BCUT2D eigenvalue weighted by molar-refractivity contribution is 5.81. The highest BCUT2D eigenvalue weighted by Gasteiger charge is 2.22. The summed E-state index contributed by atoms with van der Waals surface area (Å²) in [5.74, 6) is -0.354. The van der Waals surface area contributed by atoms with Gasteiger partial charge in [0.05, 0.1) is 17.1 Å². The number of hydrogen-bond donors (Lipinski definition) is 3. The van der Waals surface area contributed by atoms with Crippen LogP contribution in [0.2, 0.25) is 0 Å². The van der Waals surface area contributed by atoms with Gasteiger partial charge in [0.2, 0.25) is 0 Å². The highest BCUT2D eigenvalue weighted by atomic mass is 16.5. The molecule has 9 heteroatoms. The molecule has 3 N–H and O–H groups in total. The zero-order valence-corrected chi connectivity index (χ0v) is 20.2. The molecule has 0 spiro atoms. The number of rotatable bonds is 6. The summed E-state index contributed by atoms with van der Waals surface area (Å²) in [6.07, 6.45) is 4.69. The van der Waals surface area contributed by atoms with Crippen LogP contribution < -0.4 is 10.9 Å². The first-order chi connectivity index (χ1) is 16.2. The number of aromatic nitrogens is 3. The Morgan fingerprint density at radius 2 is 1.91 bits per heavy atom. The number of nitrogens with zero attached hydrogens (tertiary/aromatic N) is 3. The Morgan fingerprint density at radius 3 is 2.44 bits per heavy atom. The largest absolute Gasteiger partial charge is 0.480 e. The van der Waals surface area contributed by atoms with Crippen LogP contribution in [-0.2, 0) is 30.2 Å². The number of imidazole rings is 1. The van der Waals surface area contributed by atoms with Gasteiger partial charge >= 0.3 is 5.97 Å². The number of hydrogen-bond acceptors (Lipinski definition) is 6. The smallest absolute Gasteiger partial charge is 0.323 e. The average molecular weight is 471 g/mol. The van der Waals surface area contributed by atoms with Crippen molar-refractivity contribution in [2.75, 3.05) is 13.2 Å². The van der Waals surface area contributed by atoms with E-state index in [4.69, 9.17) is 14.8 Å². The molecule has 0 aliphatic carbocycles. The van der Waals surface area contributed by atoms with E-state index < -0.39 is 18.1 Å². The Bertz CT molecular complexity index is 1160. The first-order valence-corrected chi connectivity index (χ1v) is 11.5. The fourth-order valence-corrected chi connectivity index (χ4v) is 3.99. The molecule has 3 aromatic rings. The number of benzene rings is 1. The fourth-order valence-electron chi connectivity index (χ4n) is 3.99. The van der Waals surface area contributed by atoms with Crippen LogP contribution in [0.4, 0.5) is 0 Å². The first kappa shape index (κ1) is 25.6. The van der Waals surface area contributed by atoms with Crippen LogP contribution in [-0.4, -0.2) is 55.7 Å². The summed E-state index contributed by atoms with van der Waals surface area (Å²) in [5.41, 5.74) is 4.01. The zero-order chi connectivity index (χ0) is 24.8. The number of aliphatic hydroxyl groups is 1. The Labute approximate surface area is 199 Å². The predicted octanol–water partition coefficient (Wildman–Crippen LogP) is 2.36. The maximum Gasteiger partial charge on any atom is 0.323 e. The molecule has 1 aliphatic rings. The molecular formula is C25H34N4O5. The Hall–Kier alpha value is -3.01. The molecule has 0 unspecified atom stereocenters. The Kier molecular flexibility index (Phi) is 8.60. The summed E-state index contributed by atoms with van der Waals surface area (Å²) in [7, 11) is 3.63. The monoisotopic (exact) mass is 470 g/mol. The molecule has 0 saturated carbocycles. The minimum absolute atomic E-state index is 0.0398. The van der Waals surface area contributed by atoms with Crippen molar-refractivity contribution in [1.29, 1.82) is 0 Å². The number of aliphatic hydroxyl groups excluding tert-OH is 1. The second-order valence-corrected chi connectivity index (χ2v) is 8.76. The third-order valence-electron chi connectivity index (χ3n) is 5.92. The number of carboxylic acids is 1. The van der Waals surface area contributed by atoms with Gasteiger partial charge in [0.15, 0.2) is 0 Å². The number of carboxylic acid groups (broad SMARTS) is 1. The van der Waals surface area contributed by atoms with E-state index in [0.717, 1.165) is 41.2 Å². The number of pyridine rings is 1. The quantitative estimate of drug-likeness (QED) is 0.506. The van der Waals surface area contributed by atoms with Gasteiger partial charge in [0.25, 0.3) is 5.56 Å². The topological polar surface area (TPSA) is 119 Å². The molecule has 1 aromatic carbocycles. The van der Waals surface area contributed by atoms with Gasteiger partial charge in [-0.1, -0.05) is 6.07 Å². The van der Waals surface area contributed by atoms with Crippen molar-refractivity contribution in [3.05, 3.63) is 51.9 Å². The summed E-state index contributed by atoms with van der Waals surface area (Å²) >= 11 is 0. The Morgan fingerprint density at radius 1 is 1.21 bits per heavy atom. The lowest BCUT2D eigenvalue weighted by Crippen LogP contribution is -2.44. The fraction of sp³-hybridized carbons (Fsp3) is 0.480. The van der Waals surface area contributed by atoms with Crippen LogP contribution in [0.15, 0.2) is 35.3 Å². The molecule has 184 valence electrons. The van der Waals surface area contributed by atoms with Gasteiger partial charge in [-0.25, -0.2) is 4.98 Å². The number of nitrogens with one attached hydrogen (secondary N) is 1. The van der Waals surface area contributed by atoms with Crippen LogP contribution in [0.5, 0.6) is 0 Å². The van der Waals surface area contributed by atoms with E-state index in [2.05, 4.69) is 5.32 Å². The lowest BCUT2D eigenvalue weighted by atomic mass is 10.1. The minimum atomic E-state index is -1.10. The number of aryl methyl sites for hydroxylation is 3. The van der Waals surface area contributed by atoms with E-state index in [1.165, 1.54) is 26.2 Å². The summed E-state index contributed by atoms with van der Waals surface area (Å²) < 4.78 is 8.57. The van der Waals surface area contributed by atoms with Crippen LogP contribution in [0.1, 0.15) is 37.3 Å². The second kappa shape index (κ2) is 11.4. The van der Waals surface area contributed by atoms with Crippen LogP contribution in [0.25, 0.3) is 22.4 Å². The lowest BCUT2D eigenvalue weighted by molar-refractivity contribution is -0.142. The van der Waals surface area contributed by atoms with Crippen molar-refractivity contribution in [3.63, 3.8) is 0 Å². The van der Waals surface area contributed by atoms with Crippen molar-refractivity contribution in [2.45, 2.75) is 51.8 Å². The number of ether oxygens (including phenoxy) is 1. The molecule has 1 aliphatic heterocycles. The van der Waals surface area contributed by atoms with E-state index in [9.17, 15) is 14.7 Å². The molecule has 0 radical (unpaired) electrons. The van der Waals surface area contributed by atoms with E-state index in [-0.39, 0.29) is 5.56 Å². The highest BCUT2D eigenvalue weighted by Crippen LogP contribution is 2.24. The number of carbonyl (C=O) groups is 1. The summed E-state index contributed by atoms with van der Waals surface area (Å²) in [6, 6.07) is 6.50. The Balaban J connectivity index is 0.000000469. The summed E-state index contributed by atoms with van der Waals surface area (Å²) in [6.45, 7) is 5.51. The molecule has 4 rings (SSSR count). The summed E-state index contributed by atoms with van der Waals surface area (Å²) in [4.78, 5) is 27.8. The van der Waals surface area contributed by atoms with E-state index in [1.54, 1.807) is 24.7 Å². The molecule has 0 bridgehead atoms. The molecule has 1 fully saturated rings. The normalized spacial score (nSPS) is 15.4. The molecule has 2 atom stereocenters. The lowest BCUT2D eigenvalue weighted by Gasteiger charge is -2.17. The van der Waals surface area contributed by atoms with Gasteiger partial charge in [-0.2, -0.15) is 0 Å². The third kappa shape index (κ3) is 6.11. The zero-order valence-electron chi connectivity index (χ0n) is 20.2.